The van der Waals surface area contributed by atoms with Crippen LogP contribution in [-0.4, -0.2) is 40.3 Å². The topological polar surface area (TPSA) is 88.1 Å². The van der Waals surface area contributed by atoms with Crippen LogP contribution in [0.25, 0.3) is 22.2 Å². The lowest BCUT2D eigenvalue weighted by atomic mass is 10.0. The van der Waals surface area contributed by atoms with Crippen molar-refractivity contribution in [2.75, 3.05) is 12.4 Å². The van der Waals surface area contributed by atoms with Crippen LogP contribution in [0.15, 0.2) is 72.0 Å². The Morgan fingerprint density at radius 2 is 1.61 bits per heavy atom. The summed E-state index contributed by atoms with van der Waals surface area (Å²) in [6, 6.07) is 13.2. The molecule has 188 valence electrons. The molecule has 0 radical (unpaired) electrons. The minimum absolute atomic E-state index is 0.151. The summed E-state index contributed by atoms with van der Waals surface area (Å²) in [5.74, 6) is 0.422. The summed E-state index contributed by atoms with van der Waals surface area (Å²) in [6.07, 6.45) is -1.93. The van der Waals surface area contributed by atoms with Gasteiger partial charge in [-0.15, -0.1) is 0 Å². The van der Waals surface area contributed by atoms with E-state index >= 15 is 0 Å². The van der Waals surface area contributed by atoms with Crippen molar-refractivity contribution >= 4 is 32.4 Å². The highest BCUT2D eigenvalue weighted by molar-refractivity contribution is 7.89. The van der Waals surface area contributed by atoms with Crippen molar-refractivity contribution in [3.05, 3.63) is 72.7 Å². The van der Waals surface area contributed by atoms with Gasteiger partial charge >= 0.3 is 6.18 Å². The molecule has 0 aliphatic heterocycles. The molecule has 0 fully saturated rings. The van der Waals surface area contributed by atoms with Crippen LogP contribution >= 0.6 is 0 Å². The van der Waals surface area contributed by atoms with Crippen LogP contribution < -0.4 is 5.32 Å². The van der Waals surface area contributed by atoms with Gasteiger partial charge in [-0.2, -0.15) is 17.5 Å². The first-order valence-corrected chi connectivity index (χ1v) is 12.4. The van der Waals surface area contributed by atoms with Crippen LogP contribution in [-0.2, 0) is 16.2 Å². The van der Waals surface area contributed by atoms with Crippen molar-refractivity contribution in [2.45, 2.75) is 37.4 Å². The summed E-state index contributed by atoms with van der Waals surface area (Å²) in [4.78, 5) is 12.5. The monoisotopic (exact) mass is 515 g/mol. The van der Waals surface area contributed by atoms with Gasteiger partial charge in [-0.05, 0) is 69.3 Å². The fourth-order valence-corrected chi connectivity index (χ4v) is 5.05. The highest BCUT2D eigenvalue weighted by atomic mass is 32.2. The lowest BCUT2D eigenvalue weighted by Crippen LogP contribution is -2.42. The molecule has 0 aliphatic carbocycles. The molecule has 2 aromatic carbocycles. The molecule has 0 aliphatic rings. The van der Waals surface area contributed by atoms with Crippen LogP contribution in [0.2, 0.25) is 0 Å². The molecule has 0 saturated heterocycles. The van der Waals surface area contributed by atoms with Gasteiger partial charge in [0.15, 0.2) is 0 Å². The molecule has 0 spiro atoms. The number of sulfonamides is 1. The van der Waals surface area contributed by atoms with Gasteiger partial charge in [0.2, 0.25) is 10.0 Å². The smallest absolute Gasteiger partial charge is 0.340 e. The van der Waals surface area contributed by atoms with Gasteiger partial charge in [-0.3, -0.25) is 4.98 Å². The summed E-state index contributed by atoms with van der Waals surface area (Å²) >= 11 is 0. The summed E-state index contributed by atoms with van der Waals surface area (Å²) < 4.78 is 67.4. The van der Waals surface area contributed by atoms with E-state index in [0.717, 1.165) is 6.07 Å². The molecular weight excluding hydrogens is 491 g/mol. The number of halogens is 3. The first-order chi connectivity index (χ1) is 16.8. The normalized spacial score (nSPS) is 12.8. The molecule has 0 amide bonds. The predicted octanol–water partition coefficient (Wildman–Crippen LogP) is 5.87. The number of hydrogen-bond acceptors (Lipinski definition) is 6. The number of nitrogens with one attached hydrogen (secondary N) is 1. The molecular formula is C25H24F3N5O2S. The maximum Gasteiger partial charge on any atom is 0.418 e. The highest BCUT2D eigenvalue weighted by Crippen LogP contribution is 2.37. The Balaban J connectivity index is 1.65. The Kier molecular flexibility index (Phi) is 6.48. The van der Waals surface area contributed by atoms with Crippen molar-refractivity contribution in [3.8, 4) is 11.3 Å². The van der Waals surface area contributed by atoms with Gasteiger partial charge < -0.3 is 5.32 Å². The van der Waals surface area contributed by atoms with E-state index < -0.39 is 27.3 Å². The number of fused-ring (bicyclic) bond motifs is 1. The average molecular weight is 516 g/mol. The van der Waals surface area contributed by atoms with Gasteiger partial charge in [-0.25, -0.2) is 18.4 Å². The largest absolute Gasteiger partial charge is 0.418 e. The third-order valence-electron chi connectivity index (χ3n) is 5.74. The van der Waals surface area contributed by atoms with Crippen molar-refractivity contribution < 1.29 is 21.6 Å². The van der Waals surface area contributed by atoms with Gasteiger partial charge in [0.1, 0.15) is 12.1 Å². The van der Waals surface area contributed by atoms with Crippen LogP contribution in [0, 0.1) is 0 Å². The number of hydrogen-bond donors (Lipinski definition) is 1. The van der Waals surface area contributed by atoms with E-state index in [0.29, 0.717) is 22.4 Å². The Labute approximate surface area is 207 Å². The Morgan fingerprint density at radius 3 is 2.25 bits per heavy atom. The molecule has 11 heteroatoms. The number of rotatable bonds is 5. The number of aromatic nitrogens is 3. The number of pyridine rings is 1. The minimum Gasteiger partial charge on any atom is -0.340 e. The molecule has 36 heavy (non-hydrogen) atoms. The SMILES string of the molecule is CN(C(C)(C)C)S(=O)(=O)c1ccc(Nc2ncnc3cc(-c4ncccc4C(F)(F)F)ccc23)cc1. The van der Waals surface area contributed by atoms with Gasteiger partial charge in [-0.1, -0.05) is 6.07 Å². The quantitative estimate of drug-likeness (QED) is 0.358. The zero-order valence-electron chi connectivity index (χ0n) is 20.0. The molecule has 7 nitrogen and oxygen atoms in total. The fraction of sp³-hybridized carbons (Fsp3) is 0.240. The van der Waals surface area contributed by atoms with E-state index in [2.05, 4.69) is 20.3 Å². The number of alkyl halides is 3. The van der Waals surface area contributed by atoms with E-state index in [-0.39, 0.29) is 16.2 Å². The molecule has 0 bridgehead atoms. The minimum atomic E-state index is -4.54. The molecule has 4 aromatic rings. The highest BCUT2D eigenvalue weighted by Gasteiger charge is 2.34. The third kappa shape index (κ3) is 5.02. The standard InChI is InChI=1S/C25H24F3N5O2S/c1-24(2,3)33(4)36(34,35)18-10-8-17(9-11-18)32-23-19-12-7-16(14-21(19)30-15-31-23)22-20(25(26,27)28)6-5-13-29-22/h5-15H,1-4H3,(H,30,31,32). The molecule has 2 aromatic heterocycles. The van der Waals surface area contributed by atoms with Crippen molar-refractivity contribution in [1.82, 2.24) is 19.3 Å². The molecule has 0 unspecified atom stereocenters. The molecule has 1 N–H and O–H groups in total. The molecule has 2 heterocycles. The predicted molar refractivity (Wildman–Crippen MR) is 132 cm³/mol. The second kappa shape index (κ2) is 9.14. The van der Waals surface area contributed by atoms with Crippen molar-refractivity contribution in [3.63, 3.8) is 0 Å². The summed E-state index contributed by atoms with van der Waals surface area (Å²) in [5.41, 5.74) is -0.307. The summed E-state index contributed by atoms with van der Waals surface area (Å²) in [5, 5.41) is 3.70. The summed E-state index contributed by atoms with van der Waals surface area (Å²) in [6.45, 7) is 5.43. The van der Waals surface area contributed by atoms with Gasteiger partial charge in [0.05, 0.1) is 21.7 Å². The summed E-state index contributed by atoms with van der Waals surface area (Å²) in [7, 11) is -2.14. The van der Waals surface area contributed by atoms with E-state index in [4.69, 9.17) is 0 Å². The van der Waals surface area contributed by atoms with Crippen molar-refractivity contribution in [2.24, 2.45) is 0 Å². The van der Waals surface area contributed by atoms with Crippen LogP contribution in [0.3, 0.4) is 0 Å². The van der Waals surface area contributed by atoms with E-state index in [1.165, 1.54) is 54.2 Å². The second-order valence-corrected chi connectivity index (χ2v) is 11.1. The number of benzene rings is 2. The van der Waals surface area contributed by atoms with E-state index in [1.807, 2.05) is 20.8 Å². The lowest BCUT2D eigenvalue weighted by molar-refractivity contribution is -0.137. The average Bonchev–Trinajstić information content (AvgIpc) is 2.82. The van der Waals surface area contributed by atoms with Crippen molar-refractivity contribution in [1.29, 1.82) is 0 Å². The Morgan fingerprint density at radius 1 is 0.917 bits per heavy atom. The third-order valence-corrected chi connectivity index (χ3v) is 7.88. The fourth-order valence-electron chi connectivity index (χ4n) is 3.53. The first-order valence-electron chi connectivity index (χ1n) is 10.9. The Bertz CT molecular complexity index is 1520. The van der Waals surface area contributed by atoms with E-state index in [1.54, 1.807) is 18.2 Å². The zero-order valence-corrected chi connectivity index (χ0v) is 20.8. The maximum absolute atomic E-state index is 13.4. The number of nitrogens with zero attached hydrogens (tertiary/aromatic N) is 4. The van der Waals surface area contributed by atoms with Gasteiger partial charge in [0, 0.05) is 35.4 Å². The Hall–Kier alpha value is -3.57. The molecule has 0 saturated carbocycles. The molecule has 4 rings (SSSR count). The van der Waals surface area contributed by atoms with Crippen LogP contribution in [0.4, 0.5) is 24.7 Å². The number of anilines is 2. The second-order valence-electron chi connectivity index (χ2n) is 9.14. The van der Waals surface area contributed by atoms with Crippen LogP contribution in [0.5, 0.6) is 0 Å². The lowest BCUT2D eigenvalue weighted by Gasteiger charge is -2.30. The zero-order chi connectivity index (χ0) is 26.3. The van der Waals surface area contributed by atoms with E-state index in [9.17, 15) is 21.6 Å². The van der Waals surface area contributed by atoms with Crippen LogP contribution in [0.1, 0.15) is 26.3 Å². The molecule has 0 atom stereocenters. The maximum atomic E-state index is 13.4. The first kappa shape index (κ1) is 25.5. The van der Waals surface area contributed by atoms with Gasteiger partial charge in [0.25, 0.3) is 0 Å².